The van der Waals surface area contributed by atoms with Crippen molar-refractivity contribution in [3.8, 4) is 11.5 Å². The van der Waals surface area contributed by atoms with Crippen molar-refractivity contribution in [1.29, 1.82) is 0 Å². The Kier molecular flexibility index (Phi) is 9.48. The molecular weight excluding hydrogens is 482 g/mol. The number of amides is 1. The average Bonchev–Trinajstić information content (AvgIpc) is 3.52. The Morgan fingerprint density at radius 3 is 2.62 bits per heavy atom. The number of rotatable bonds is 13. The van der Waals surface area contributed by atoms with Crippen LogP contribution in [0.1, 0.15) is 71.8 Å². The van der Waals surface area contributed by atoms with Crippen molar-refractivity contribution in [3.63, 3.8) is 0 Å². The summed E-state index contributed by atoms with van der Waals surface area (Å²) in [5, 5.41) is 11.7. The standard InChI is InChI=1S/C27H31NO9/c1-16(10-12-22(30)31)9-11-19-25(34-3)17(2)20-15-36-27(33)24(20)26(19)37-23(32)8-4-7-21(29)28-14-18-6-5-13-35-18/h5-6,9,13H,4,7-8,10-12,14-15H2,1-3H3,(H,28,29)(H,30,31). The number of carboxylic acids is 1. The highest BCUT2D eigenvalue weighted by atomic mass is 16.6. The van der Waals surface area contributed by atoms with Crippen LogP contribution in [0.4, 0.5) is 0 Å². The number of furan rings is 1. The number of esters is 2. The molecule has 0 radical (unpaired) electrons. The molecule has 1 aliphatic rings. The van der Waals surface area contributed by atoms with E-state index in [2.05, 4.69) is 5.32 Å². The Balaban J connectivity index is 1.74. The smallest absolute Gasteiger partial charge is 0.342 e. The molecule has 0 saturated heterocycles. The number of carboxylic acid groups (broad SMARTS) is 1. The number of nitrogens with one attached hydrogen (secondary N) is 1. The first-order valence-electron chi connectivity index (χ1n) is 12.0. The van der Waals surface area contributed by atoms with Crippen LogP contribution >= 0.6 is 0 Å². The van der Waals surface area contributed by atoms with Gasteiger partial charge in [-0.25, -0.2) is 4.79 Å². The Bertz CT molecular complexity index is 1200. The number of aliphatic carboxylic acids is 1. The number of methoxy groups -OCH3 is 1. The first-order valence-corrected chi connectivity index (χ1v) is 12.0. The van der Waals surface area contributed by atoms with Crippen LogP contribution in [0.25, 0.3) is 0 Å². The van der Waals surface area contributed by atoms with Crippen LogP contribution in [0.5, 0.6) is 11.5 Å². The Morgan fingerprint density at radius 1 is 1.16 bits per heavy atom. The molecule has 0 saturated carbocycles. The van der Waals surface area contributed by atoms with Crippen molar-refractivity contribution < 1.29 is 42.9 Å². The molecule has 0 aliphatic carbocycles. The number of hydrogen-bond acceptors (Lipinski definition) is 8. The van der Waals surface area contributed by atoms with Crippen LogP contribution in [0.2, 0.25) is 0 Å². The van der Waals surface area contributed by atoms with E-state index in [1.165, 1.54) is 13.4 Å². The number of benzene rings is 1. The molecule has 10 heteroatoms. The summed E-state index contributed by atoms with van der Waals surface area (Å²) >= 11 is 0. The Labute approximate surface area is 214 Å². The second-order valence-electron chi connectivity index (χ2n) is 8.73. The Hall–Kier alpha value is -4.08. The minimum Gasteiger partial charge on any atom is -0.496 e. The first kappa shape index (κ1) is 27.5. The minimum atomic E-state index is -0.897. The van der Waals surface area contributed by atoms with Crippen molar-refractivity contribution in [2.75, 3.05) is 7.11 Å². The third-order valence-electron chi connectivity index (χ3n) is 6.05. The molecule has 1 aromatic carbocycles. The largest absolute Gasteiger partial charge is 0.496 e. The van der Waals surface area contributed by atoms with E-state index in [0.29, 0.717) is 34.6 Å². The van der Waals surface area contributed by atoms with Gasteiger partial charge < -0.3 is 29.1 Å². The summed E-state index contributed by atoms with van der Waals surface area (Å²) in [5.41, 5.74) is 2.83. The molecule has 0 unspecified atom stereocenters. The molecule has 0 atom stereocenters. The topological polar surface area (TPSA) is 141 Å². The number of ether oxygens (including phenoxy) is 3. The van der Waals surface area contributed by atoms with Gasteiger partial charge >= 0.3 is 17.9 Å². The van der Waals surface area contributed by atoms with Gasteiger partial charge in [-0.1, -0.05) is 11.6 Å². The van der Waals surface area contributed by atoms with E-state index in [1.807, 2.05) is 13.0 Å². The molecule has 0 bridgehead atoms. The van der Waals surface area contributed by atoms with Gasteiger partial charge in [-0.3, -0.25) is 14.4 Å². The van der Waals surface area contributed by atoms with Crippen LogP contribution in [-0.4, -0.2) is 36.0 Å². The maximum Gasteiger partial charge on any atom is 0.342 e. The van der Waals surface area contributed by atoms with Crippen LogP contribution < -0.4 is 14.8 Å². The third-order valence-corrected chi connectivity index (χ3v) is 6.05. The molecule has 0 fully saturated rings. The molecule has 0 spiro atoms. The quantitative estimate of drug-likeness (QED) is 0.231. The summed E-state index contributed by atoms with van der Waals surface area (Å²) in [6.07, 6.45) is 4.29. The molecule has 10 nitrogen and oxygen atoms in total. The predicted molar refractivity (Wildman–Crippen MR) is 131 cm³/mol. The molecule has 2 aromatic rings. The Morgan fingerprint density at radius 2 is 1.95 bits per heavy atom. The van der Waals surface area contributed by atoms with Gasteiger partial charge in [-0.2, -0.15) is 0 Å². The molecule has 1 aromatic heterocycles. The summed E-state index contributed by atoms with van der Waals surface area (Å²) in [6, 6.07) is 3.48. The number of fused-ring (bicyclic) bond motifs is 1. The van der Waals surface area contributed by atoms with Crippen molar-refractivity contribution in [2.24, 2.45) is 0 Å². The summed E-state index contributed by atoms with van der Waals surface area (Å²) in [7, 11) is 1.49. The van der Waals surface area contributed by atoms with Gasteiger partial charge in [0.2, 0.25) is 5.91 Å². The summed E-state index contributed by atoms with van der Waals surface area (Å²) in [6.45, 7) is 3.92. The molecule has 1 aliphatic heterocycles. The number of allylic oxidation sites excluding steroid dienone is 2. The lowest BCUT2D eigenvalue weighted by molar-refractivity contribution is -0.137. The van der Waals surface area contributed by atoms with Crippen molar-refractivity contribution in [1.82, 2.24) is 5.32 Å². The first-order chi connectivity index (χ1) is 17.7. The number of hydrogen-bond donors (Lipinski definition) is 2. The second-order valence-corrected chi connectivity index (χ2v) is 8.73. The second kappa shape index (κ2) is 12.8. The lowest BCUT2D eigenvalue weighted by Crippen LogP contribution is -2.22. The van der Waals surface area contributed by atoms with E-state index >= 15 is 0 Å². The number of cyclic esters (lactones) is 1. The fourth-order valence-electron chi connectivity index (χ4n) is 4.05. The van der Waals surface area contributed by atoms with E-state index in [0.717, 1.165) is 5.57 Å². The SMILES string of the molecule is COc1c(C)c2c(c(OC(=O)CCCC(=O)NCc3ccco3)c1CC=C(C)CCC(=O)O)C(=O)OC2. The zero-order valence-electron chi connectivity index (χ0n) is 21.2. The van der Waals surface area contributed by atoms with Gasteiger partial charge in [-0.15, -0.1) is 0 Å². The highest BCUT2D eigenvalue weighted by Crippen LogP contribution is 2.43. The van der Waals surface area contributed by atoms with Crippen LogP contribution in [-0.2, 0) is 38.7 Å². The zero-order valence-corrected chi connectivity index (χ0v) is 21.2. The van der Waals surface area contributed by atoms with E-state index in [-0.39, 0.29) is 62.5 Å². The van der Waals surface area contributed by atoms with Crippen molar-refractivity contribution in [2.45, 2.75) is 65.5 Å². The van der Waals surface area contributed by atoms with E-state index in [4.69, 9.17) is 23.7 Å². The molecular formula is C27H31NO9. The maximum absolute atomic E-state index is 12.8. The van der Waals surface area contributed by atoms with Crippen LogP contribution in [0.3, 0.4) is 0 Å². The van der Waals surface area contributed by atoms with Crippen molar-refractivity contribution >= 4 is 23.8 Å². The van der Waals surface area contributed by atoms with Gasteiger partial charge in [0.1, 0.15) is 23.7 Å². The van der Waals surface area contributed by atoms with E-state index in [1.54, 1.807) is 19.1 Å². The van der Waals surface area contributed by atoms with Gasteiger partial charge in [-0.05, 0) is 50.8 Å². The van der Waals surface area contributed by atoms with E-state index < -0.39 is 17.9 Å². The van der Waals surface area contributed by atoms with E-state index in [9.17, 15) is 19.2 Å². The fraction of sp³-hybridized carbons (Fsp3) is 0.407. The van der Waals surface area contributed by atoms with Crippen LogP contribution in [0.15, 0.2) is 34.5 Å². The molecule has 2 N–H and O–H groups in total. The van der Waals surface area contributed by atoms with Gasteiger partial charge in [0, 0.05) is 30.4 Å². The highest BCUT2D eigenvalue weighted by molar-refractivity contribution is 5.99. The lowest BCUT2D eigenvalue weighted by Gasteiger charge is -2.19. The highest BCUT2D eigenvalue weighted by Gasteiger charge is 2.34. The average molecular weight is 514 g/mol. The predicted octanol–water partition coefficient (Wildman–Crippen LogP) is 4.01. The molecule has 3 rings (SSSR count). The lowest BCUT2D eigenvalue weighted by atomic mass is 9.94. The minimum absolute atomic E-state index is 0.00799. The van der Waals surface area contributed by atoms with Gasteiger partial charge in [0.25, 0.3) is 0 Å². The van der Waals surface area contributed by atoms with Crippen LogP contribution in [0, 0.1) is 6.92 Å². The number of carbonyl (C=O) groups is 4. The summed E-state index contributed by atoms with van der Waals surface area (Å²) in [5.74, 6) is -1.14. The summed E-state index contributed by atoms with van der Waals surface area (Å²) in [4.78, 5) is 48.3. The molecule has 37 heavy (non-hydrogen) atoms. The van der Waals surface area contributed by atoms with Gasteiger partial charge in [0.15, 0.2) is 5.75 Å². The van der Waals surface area contributed by atoms with Crippen molar-refractivity contribution in [3.05, 3.63) is 58.1 Å². The number of carbonyl (C=O) groups excluding carboxylic acids is 3. The maximum atomic E-state index is 12.8. The fourth-order valence-corrected chi connectivity index (χ4v) is 4.05. The normalized spacial score (nSPS) is 12.6. The third kappa shape index (κ3) is 7.22. The molecule has 198 valence electrons. The molecule has 1 amide bonds. The monoisotopic (exact) mass is 513 g/mol. The molecule has 2 heterocycles. The zero-order chi connectivity index (χ0) is 26.9. The summed E-state index contributed by atoms with van der Waals surface area (Å²) < 4.78 is 21.7. The van der Waals surface area contributed by atoms with Gasteiger partial charge in [0.05, 0.1) is 19.9 Å².